The number of aryl methyl sites for hydroxylation is 3. The molecule has 8 heteroatoms. The minimum Gasteiger partial charge on any atom is -0.269 e. The lowest BCUT2D eigenvalue weighted by molar-refractivity contribution is 0.699. The molecule has 6 rings (SSSR count). The summed E-state index contributed by atoms with van der Waals surface area (Å²) in [5.74, 6) is 0.440. The molecule has 0 atom stereocenters. The molecule has 4 aromatic heterocycles. The van der Waals surface area contributed by atoms with Crippen LogP contribution in [0.25, 0.3) is 21.6 Å². The van der Waals surface area contributed by atoms with Gasteiger partial charge in [-0.2, -0.15) is 0 Å². The molecule has 1 aromatic carbocycles. The number of para-hydroxylation sites is 1. The normalized spacial score (nSPS) is 13.4. The number of thiophene rings is 1. The van der Waals surface area contributed by atoms with Crippen LogP contribution in [-0.2, 0) is 18.6 Å². The van der Waals surface area contributed by atoms with Gasteiger partial charge in [0.05, 0.1) is 16.8 Å². The minimum atomic E-state index is -0.115. The third-order valence-electron chi connectivity index (χ3n) is 6.20. The van der Waals surface area contributed by atoms with Crippen LogP contribution in [0.5, 0.6) is 0 Å². The molecule has 1 aliphatic carbocycles. The van der Waals surface area contributed by atoms with Crippen LogP contribution in [0.2, 0.25) is 0 Å². The lowest BCUT2D eigenvalue weighted by Crippen LogP contribution is -2.22. The minimum absolute atomic E-state index is 0.0136. The van der Waals surface area contributed by atoms with Crippen LogP contribution in [0.4, 0.5) is 0 Å². The highest BCUT2D eigenvalue weighted by Crippen LogP contribution is 2.35. The Morgan fingerprint density at radius 3 is 2.71 bits per heavy atom. The summed E-state index contributed by atoms with van der Waals surface area (Å²) >= 11 is 3.09. The van der Waals surface area contributed by atoms with Crippen LogP contribution in [0.3, 0.4) is 0 Å². The zero-order chi connectivity index (χ0) is 23.2. The molecule has 0 unspecified atom stereocenters. The summed E-state index contributed by atoms with van der Waals surface area (Å²) < 4.78 is 3.26. The third-order valence-corrected chi connectivity index (χ3v) is 8.36. The second-order valence-electron chi connectivity index (χ2n) is 8.57. The zero-order valence-corrected chi connectivity index (χ0v) is 20.3. The summed E-state index contributed by atoms with van der Waals surface area (Å²) in [5, 5.41) is 1.39. The maximum Gasteiger partial charge on any atom is 0.267 e. The van der Waals surface area contributed by atoms with Gasteiger partial charge in [-0.1, -0.05) is 30.0 Å². The van der Waals surface area contributed by atoms with E-state index in [1.54, 1.807) is 32.6 Å². The van der Waals surface area contributed by atoms with Crippen molar-refractivity contribution in [3.8, 4) is 5.69 Å². The highest BCUT2D eigenvalue weighted by Gasteiger charge is 2.23. The van der Waals surface area contributed by atoms with Crippen molar-refractivity contribution in [1.29, 1.82) is 0 Å². The first-order chi connectivity index (χ1) is 16.6. The van der Waals surface area contributed by atoms with Crippen LogP contribution in [0.1, 0.15) is 34.5 Å². The second-order valence-corrected chi connectivity index (χ2v) is 10.6. The van der Waals surface area contributed by atoms with Gasteiger partial charge in [-0.05, 0) is 68.0 Å². The van der Waals surface area contributed by atoms with Gasteiger partial charge in [0.25, 0.3) is 11.1 Å². The number of rotatable bonds is 4. The molecular formula is C26H22N4O2S2. The van der Waals surface area contributed by atoms with E-state index in [9.17, 15) is 9.59 Å². The first-order valence-electron chi connectivity index (χ1n) is 11.3. The monoisotopic (exact) mass is 486 g/mol. The van der Waals surface area contributed by atoms with Crippen molar-refractivity contribution in [2.24, 2.45) is 0 Å². The highest BCUT2D eigenvalue weighted by molar-refractivity contribution is 7.98. The van der Waals surface area contributed by atoms with Gasteiger partial charge in [0, 0.05) is 22.9 Å². The van der Waals surface area contributed by atoms with Crippen molar-refractivity contribution >= 4 is 39.0 Å². The van der Waals surface area contributed by atoms with Crippen LogP contribution in [0.15, 0.2) is 69.5 Å². The van der Waals surface area contributed by atoms with Crippen molar-refractivity contribution in [2.75, 3.05) is 0 Å². The van der Waals surface area contributed by atoms with Gasteiger partial charge in [0.2, 0.25) is 0 Å². The number of nitrogens with zero attached hydrogens (tertiary/aromatic N) is 4. The zero-order valence-electron chi connectivity index (χ0n) is 18.7. The number of pyridine rings is 1. The summed E-state index contributed by atoms with van der Waals surface area (Å²) in [6.45, 7) is 1.98. The molecule has 0 N–H and O–H groups in total. The number of hydrogen-bond donors (Lipinski definition) is 0. The Morgan fingerprint density at radius 2 is 1.85 bits per heavy atom. The van der Waals surface area contributed by atoms with E-state index in [0.29, 0.717) is 22.3 Å². The van der Waals surface area contributed by atoms with E-state index in [1.807, 2.05) is 49.4 Å². The molecule has 34 heavy (non-hydrogen) atoms. The Hall–Kier alpha value is -3.23. The maximum absolute atomic E-state index is 13.8. The van der Waals surface area contributed by atoms with E-state index in [-0.39, 0.29) is 11.1 Å². The van der Waals surface area contributed by atoms with E-state index in [2.05, 4.69) is 4.98 Å². The fourth-order valence-electron chi connectivity index (χ4n) is 4.55. The Labute approximate surface area is 203 Å². The number of aromatic nitrogens is 4. The first kappa shape index (κ1) is 21.3. The summed E-state index contributed by atoms with van der Waals surface area (Å²) in [7, 11) is 0. The predicted octanol–water partition coefficient (Wildman–Crippen LogP) is 4.93. The van der Waals surface area contributed by atoms with E-state index in [0.717, 1.165) is 47.2 Å². The lowest BCUT2D eigenvalue weighted by Gasteiger charge is -2.13. The molecule has 0 amide bonds. The SMILES string of the molecule is Cc1ccn2c(=O)cc(CSc3nc4sc5c(c4c(=O)n3-c3ccccc3)CCCC5)nc2c1. The summed E-state index contributed by atoms with van der Waals surface area (Å²) in [5.41, 5.74) is 4.18. The van der Waals surface area contributed by atoms with E-state index < -0.39 is 0 Å². The molecule has 1 aliphatic rings. The van der Waals surface area contributed by atoms with Gasteiger partial charge in [-0.25, -0.2) is 9.97 Å². The van der Waals surface area contributed by atoms with E-state index >= 15 is 0 Å². The maximum atomic E-state index is 13.8. The average molecular weight is 487 g/mol. The Kier molecular flexibility index (Phi) is 5.34. The molecule has 4 heterocycles. The quantitative estimate of drug-likeness (QED) is 0.266. The van der Waals surface area contributed by atoms with Crippen molar-refractivity contribution < 1.29 is 0 Å². The molecule has 6 nitrogen and oxygen atoms in total. The Balaban J connectivity index is 1.47. The Morgan fingerprint density at radius 1 is 1.03 bits per heavy atom. The first-order valence-corrected chi connectivity index (χ1v) is 13.1. The highest BCUT2D eigenvalue weighted by atomic mass is 32.2. The number of benzene rings is 1. The molecule has 0 radical (unpaired) electrons. The van der Waals surface area contributed by atoms with Crippen LogP contribution >= 0.6 is 23.1 Å². The van der Waals surface area contributed by atoms with Crippen molar-refractivity contribution in [3.05, 3.63) is 97.1 Å². The third kappa shape index (κ3) is 3.67. The van der Waals surface area contributed by atoms with Gasteiger partial charge in [-0.3, -0.25) is 18.6 Å². The van der Waals surface area contributed by atoms with Crippen LogP contribution in [0, 0.1) is 6.92 Å². The molecule has 0 saturated carbocycles. The second kappa shape index (κ2) is 8.52. The molecule has 0 aliphatic heterocycles. The summed E-state index contributed by atoms with van der Waals surface area (Å²) in [6.07, 6.45) is 5.99. The Bertz CT molecular complexity index is 1670. The van der Waals surface area contributed by atoms with Gasteiger partial charge in [-0.15, -0.1) is 11.3 Å². The summed E-state index contributed by atoms with van der Waals surface area (Å²) in [6, 6.07) is 15.0. The van der Waals surface area contributed by atoms with Crippen molar-refractivity contribution in [2.45, 2.75) is 43.5 Å². The van der Waals surface area contributed by atoms with Gasteiger partial charge >= 0.3 is 0 Å². The molecule has 170 valence electrons. The number of hydrogen-bond acceptors (Lipinski definition) is 6. The summed E-state index contributed by atoms with van der Waals surface area (Å²) in [4.78, 5) is 38.2. The predicted molar refractivity (Wildman–Crippen MR) is 138 cm³/mol. The van der Waals surface area contributed by atoms with Crippen molar-refractivity contribution in [3.63, 3.8) is 0 Å². The van der Waals surface area contributed by atoms with Gasteiger partial charge in [0.1, 0.15) is 10.5 Å². The number of thioether (sulfide) groups is 1. The van der Waals surface area contributed by atoms with E-state index in [1.165, 1.54) is 22.2 Å². The van der Waals surface area contributed by atoms with Gasteiger partial charge < -0.3 is 0 Å². The smallest absolute Gasteiger partial charge is 0.267 e. The lowest BCUT2D eigenvalue weighted by atomic mass is 9.97. The number of fused-ring (bicyclic) bond motifs is 4. The fourth-order valence-corrected chi connectivity index (χ4v) is 6.76. The topological polar surface area (TPSA) is 69.3 Å². The molecular weight excluding hydrogens is 464 g/mol. The standard InChI is InChI=1S/C26H22N4O2S2/c1-16-11-12-29-21(13-16)27-17(14-22(29)31)15-33-26-28-24-23(19-9-5-6-10-20(19)34-24)25(32)30(26)18-7-3-2-4-8-18/h2-4,7-8,11-14H,5-6,9-10,15H2,1H3. The molecule has 0 spiro atoms. The largest absolute Gasteiger partial charge is 0.269 e. The van der Waals surface area contributed by atoms with Crippen LogP contribution in [-0.4, -0.2) is 18.9 Å². The average Bonchev–Trinajstić information content (AvgIpc) is 3.22. The molecule has 0 saturated heterocycles. The molecule has 0 bridgehead atoms. The molecule has 5 aromatic rings. The van der Waals surface area contributed by atoms with Crippen molar-refractivity contribution in [1.82, 2.24) is 18.9 Å². The van der Waals surface area contributed by atoms with Gasteiger partial charge in [0.15, 0.2) is 5.16 Å². The van der Waals surface area contributed by atoms with Crippen LogP contribution < -0.4 is 11.1 Å². The molecule has 0 fully saturated rings. The fraction of sp³-hybridized carbons (Fsp3) is 0.231. The van der Waals surface area contributed by atoms with E-state index in [4.69, 9.17) is 4.98 Å².